The summed E-state index contributed by atoms with van der Waals surface area (Å²) in [5, 5.41) is 7.88. The number of nitrogens with one attached hydrogen (secondary N) is 1. The minimum absolute atomic E-state index is 0.198. The predicted octanol–water partition coefficient (Wildman–Crippen LogP) is 5.25. The first-order chi connectivity index (χ1) is 9.11. The molecule has 0 aliphatic heterocycles. The predicted molar refractivity (Wildman–Crippen MR) is 83.2 cm³/mol. The molecule has 2 atom stereocenters. The third kappa shape index (κ3) is 3.69. The van der Waals surface area contributed by atoms with Crippen molar-refractivity contribution in [1.29, 1.82) is 0 Å². The van der Waals surface area contributed by atoms with Crippen LogP contribution in [-0.4, -0.2) is 4.98 Å². The smallest absolute Gasteiger partial charge is 0.109 e. The highest BCUT2D eigenvalue weighted by molar-refractivity contribution is 7.09. The Morgan fingerprint density at radius 2 is 2.11 bits per heavy atom. The largest absolute Gasteiger partial charge is 0.301 e. The van der Waals surface area contributed by atoms with Crippen molar-refractivity contribution in [3.63, 3.8) is 0 Å². The number of rotatable bonds is 5. The Labute approximate surface area is 127 Å². The van der Waals surface area contributed by atoms with Gasteiger partial charge in [0.15, 0.2) is 0 Å². The fraction of sp³-hybridized carbons (Fsp3) is 0.357. The lowest BCUT2D eigenvalue weighted by Crippen LogP contribution is -2.24. The lowest BCUT2D eigenvalue weighted by molar-refractivity contribution is 0.455. The molecule has 2 nitrogen and oxygen atoms in total. The molecular weight excluding hydrogens is 299 g/mol. The molecule has 0 spiro atoms. The van der Waals surface area contributed by atoms with E-state index in [-0.39, 0.29) is 12.1 Å². The molecule has 0 radical (unpaired) electrons. The second kappa shape index (κ2) is 6.71. The number of aromatic nitrogens is 1. The van der Waals surface area contributed by atoms with Crippen LogP contribution in [0.25, 0.3) is 0 Å². The summed E-state index contributed by atoms with van der Waals surface area (Å²) in [4.78, 5) is 4.37. The third-order valence-electron chi connectivity index (χ3n) is 3.05. The molecule has 19 heavy (non-hydrogen) atoms. The van der Waals surface area contributed by atoms with Crippen LogP contribution < -0.4 is 5.32 Å². The molecule has 2 unspecified atom stereocenters. The van der Waals surface area contributed by atoms with Crippen LogP contribution in [0.1, 0.15) is 42.9 Å². The van der Waals surface area contributed by atoms with Crippen molar-refractivity contribution < 1.29 is 0 Å². The minimum atomic E-state index is 0.198. The zero-order valence-corrected chi connectivity index (χ0v) is 13.2. The molecule has 0 fully saturated rings. The van der Waals surface area contributed by atoms with Gasteiger partial charge in [0.1, 0.15) is 5.01 Å². The maximum absolute atomic E-state index is 6.06. The normalized spacial score (nSPS) is 14.3. The first kappa shape index (κ1) is 14.8. The Bertz CT molecular complexity index is 528. The number of nitrogens with zero attached hydrogens (tertiary/aromatic N) is 1. The van der Waals surface area contributed by atoms with Gasteiger partial charge in [-0.05, 0) is 31.0 Å². The Balaban J connectivity index is 2.11. The van der Waals surface area contributed by atoms with Crippen LogP contribution in [0.4, 0.5) is 0 Å². The molecule has 0 saturated heterocycles. The second-order valence-corrected chi connectivity index (χ2v) is 6.13. The fourth-order valence-corrected chi connectivity index (χ4v) is 3.04. The van der Waals surface area contributed by atoms with Crippen molar-refractivity contribution >= 4 is 34.5 Å². The summed E-state index contributed by atoms with van der Waals surface area (Å²) >= 11 is 13.7. The zero-order chi connectivity index (χ0) is 13.8. The van der Waals surface area contributed by atoms with Crippen LogP contribution in [0.2, 0.25) is 10.0 Å². The Morgan fingerprint density at radius 1 is 1.32 bits per heavy atom. The Morgan fingerprint density at radius 3 is 2.68 bits per heavy atom. The van der Waals surface area contributed by atoms with Gasteiger partial charge < -0.3 is 5.32 Å². The Kier molecular flexibility index (Phi) is 5.22. The SMILES string of the molecule is CCC(NC(C)c1ccc(Cl)c(Cl)c1)c1nccs1. The lowest BCUT2D eigenvalue weighted by atomic mass is 10.1. The zero-order valence-electron chi connectivity index (χ0n) is 10.9. The molecule has 102 valence electrons. The fourth-order valence-electron chi connectivity index (χ4n) is 1.95. The topological polar surface area (TPSA) is 24.9 Å². The average molecular weight is 315 g/mol. The van der Waals surface area contributed by atoms with Crippen molar-refractivity contribution in [2.24, 2.45) is 0 Å². The van der Waals surface area contributed by atoms with Crippen molar-refractivity contribution in [1.82, 2.24) is 10.3 Å². The number of hydrogen-bond acceptors (Lipinski definition) is 3. The van der Waals surface area contributed by atoms with Gasteiger partial charge in [0.2, 0.25) is 0 Å². The van der Waals surface area contributed by atoms with E-state index in [0.717, 1.165) is 17.0 Å². The van der Waals surface area contributed by atoms with E-state index in [2.05, 4.69) is 24.1 Å². The lowest BCUT2D eigenvalue weighted by Gasteiger charge is -2.21. The molecule has 5 heteroatoms. The van der Waals surface area contributed by atoms with Gasteiger partial charge in [0, 0.05) is 17.6 Å². The van der Waals surface area contributed by atoms with E-state index < -0.39 is 0 Å². The quantitative estimate of drug-likeness (QED) is 0.815. The van der Waals surface area contributed by atoms with Gasteiger partial charge in [-0.25, -0.2) is 4.98 Å². The van der Waals surface area contributed by atoms with E-state index in [4.69, 9.17) is 23.2 Å². The van der Waals surface area contributed by atoms with E-state index in [1.807, 2.05) is 29.8 Å². The van der Waals surface area contributed by atoms with Gasteiger partial charge in [0.05, 0.1) is 16.1 Å². The molecule has 0 aliphatic rings. The first-order valence-corrected chi connectivity index (χ1v) is 7.85. The molecule has 1 heterocycles. The van der Waals surface area contributed by atoms with E-state index in [9.17, 15) is 0 Å². The highest BCUT2D eigenvalue weighted by atomic mass is 35.5. The molecular formula is C14H16Cl2N2S. The Hall–Kier alpha value is -0.610. The average Bonchev–Trinajstić information content (AvgIpc) is 2.92. The van der Waals surface area contributed by atoms with Crippen LogP contribution in [0, 0.1) is 0 Å². The molecule has 1 N–H and O–H groups in total. The van der Waals surface area contributed by atoms with Crippen LogP contribution in [0.5, 0.6) is 0 Å². The summed E-state index contributed by atoms with van der Waals surface area (Å²) in [5.74, 6) is 0. The van der Waals surface area contributed by atoms with E-state index in [1.165, 1.54) is 0 Å². The van der Waals surface area contributed by atoms with Crippen molar-refractivity contribution in [3.8, 4) is 0 Å². The molecule has 2 rings (SSSR count). The van der Waals surface area contributed by atoms with Crippen molar-refractivity contribution in [3.05, 3.63) is 50.4 Å². The molecule has 0 aliphatic carbocycles. The van der Waals surface area contributed by atoms with Crippen molar-refractivity contribution in [2.45, 2.75) is 32.4 Å². The molecule has 0 bridgehead atoms. The second-order valence-electron chi connectivity index (χ2n) is 4.39. The summed E-state index contributed by atoms with van der Waals surface area (Å²) < 4.78 is 0. The summed E-state index contributed by atoms with van der Waals surface area (Å²) in [5.41, 5.74) is 1.13. The highest BCUT2D eigenvalue weighted by Crippen LogP contribution is 2.28. The number of benzene rings is 1. The summed E-state index contributed by atoms with van der Waals surface area (Å²) in [7, 11) is 0. The van der Waals surface area contributed by atoms with Crippen LogP contribution in [0.3, 0.4) is 0 Å². The molecule has 0 saturated carbocycles. The van der Waals surface area contributed by atoms with Gasteiger partial charge in [-0.3, -0.25) is 0 Å². The maximum atomic E-state index is 6.06. The summed E-state index contributed by atoms with van der Waals surface area (Å²) in [6.07, 6.45) is 2.84. The molecule has 2 aromatic rings. The van der Waals surface area contributed by atoms with Crippen molar-refractivity contribution in [2.75, 3.05) is 0 Å². The summed E-state index contributed by atoms with van der Waals surface area (Å²) in [6, 6.07) is 6.21. The third-order valence-corrected chi connectivity index (χ3v) is 4.68. The van der Waals surface area contributed by atoms with Crippen LogP contribution in [0.15, 0.2) is 29.8 Å². The van der Waals surface area contributed by atoms with Gasteiger partial charge in [-0.15, -0.1) is 11.3 Å². The van der Waals surface area contributed by atoms with E-state index >= 15 is 0 Å². The molecule has 0 amide bonds. The van der Waals surface area contributed by atoms with E-state index in [0.29, 0.717) is 10.0 Å². The van der Waals surface area contributed by atoms with Gasteiger partial charge in [-0.1, -0.05) is 36.2 Å². The number of halogens is 2. The number of thiazole rings is 1. The number of hydrogen-bond donors (Lipinski definition) is 1. The first-order valence-electron chi connectivity index (χ1n) is 6.22. The van der Waals surface area contributed by atoms with Gasteiger partial charge >= 0.3 is 0 Å². The van der Waals surface area contributed by atoms with Gasteiger partial charge in [0.25, 0.3) is 0 Å². The molecule has 1 aromatic heterocycles. The maximum Gasteiger partial charge on any atom is 0.109 e. The molecule has 1 aromatic carbocycles. The highest BCUT2D eigenvalue weighted by Gasteiger charge is 2.16. The summed E-state index contributed by atoms with van der Waals surface area (Å²) in [6.45, 7) is 4.27. The monoisotopic (exact) mass is 314 g/mol. The van der Waals surface area contributed by atoms with Crippen LogP contribution >= 0.6 is 34.5 Å². The van der Waals surface area contributed by atoms with E-state index in [1.54, 1.807) is 11.3 Å². The van der Waals surface area contributed by atoms with Crippen LogP contribution in [-0.2, 0) is 0 Å². The minimum Gasteiger partial charge on any atom is -0.301 e. The standard InChI is InChI=1S/C14H16Cl2N2S/c1-3-13(14-17-6-7-19-14)18-9(2)10-4-5-11(15)12(16)8-10/h4-9,13,18H,3H2,1-2H3. The van der Waals surface area contributed by atoms with Gasteiger partial charge in [-0.2, -0.15) is 0 Å².